The second kappa shape index (κ2) is 9.47. The summed E-state index contributed by atoms with van der Waals surface area (Å²) in [6.45, 7) is 1.44. The van der Waals surface area contributed by atoms with Crippen molar-refractivity contribution < 1.29 is 17.9 Å². The summed E-state index contributed by atoms with van der Waals surface area (Å²) in [5.41, 5.74) is 3.59. The summed E-state index contributed by atoms with van der Waals surface area (Å²) in [6.07, 6.45) is -2.95. The third-order valence-electron chi connectivity index (χ3n) is 5.21. The van der Waals surface area contributed by atoms with Crippen molar-refractivity contribution in [2.45, 2.75) is 18.7 Å². The van der Waals surface area contributed by atoms with Gasteiger partial charge >= 0.3 is 6.18 Å². The van der Waals surface area contributed by atoms with Crippen molar-refractivity contribution in [1.82, 2.24) is 4.98 Å². The molecule has 4 rings (SSSR count). The summed E-state index contributed by atoms with van der Waals surface area (Å²) in [5, 5.41) is 3.27. The molecule has 1 N–H and O–H groups in total. The molecule has 1 aliphatic heterocycles. The van der Waals surface area contributed by atoms with Crippen molar-refractivity contribution >= 4 is 23.8 Å². The predicted molar refractivity (Wildman–Crippen MR) is 119 cm³/mol. The van der Waals surface area contributed by atoms with E-state index in [4.69, 9.17) is 4.74 Å². The number of hydrogen-bond acceptors (Lipinski definition) is 4. The minimum atomic E-state index is -4.40. The largest absolute Gasteiger partial charge is 0.472 e. The molecule has 0 saturated carbocycles. The maximum Gasteiger partial charge on any atom is 0.417 e. The van der Waals surface area contributed by atoms with Crippen LogP contribution in [0, 0.1) is 0 Å². The number of nitrogens with one attached hydrogen (secondary N) is 1. The van der Waals surface area contributed by atoms with Gasteiger partial charge in [0, 0.05) is 32.3 Å². The number of aromatic nitrogens is 1. The van der Waals surface area contributed by atoms with E-state index in [1.54, 1.807) is 0 Å². The van der Waals surface area contributed by atoms with Crippen molar-refractivity contribution in [1.29, 1.82) is 0 Å². The highest BCUT2D eigenvalue weighted by Gasteiger charge is 2.31. The van der Waals surface area contributed by atoms with Gasteiger partial charge in [-0.1, -0.05) is 36.4 Å². The number of benzene rings is 2. The average Bonchev–Trinajstić information content (AvgIpc) is 3.22. The summed E-state index contributed by atoms with van der Waals surface area (Å²) in [4.78, 5) is 6.03. The zero-order chi connectivity index (χ0) is 21.1. The van der Waals surface area contributed by atoms with Crippen molar-refractivity contribution in [2.75, 3.05) is 30.4 Å². The average molecular weight is 450 g/mol. The van der Waals surface area contributed by atoms with E-state index in [0.29, 0.717) is 6.54 Å². The smallest absolute Gasteiger partial charge is 0.417 e. The fourth-order valence-electron chi connectivity index (χ4n) is 3.65. The van der Waals surface area contributed by atoms with Crippen molar-refractivity contribution in [3.8, 4) is 17.0 Å². The fourth-order valence-corrected chi connectivity index (χ4v) is 3.65. The van der Waals surface area contributed by atoms with E-state index in [1.807, 2.05) is 25.2 Å². The molecule has 1 aliphatic rings. The molecule has 4 nitrogen and oxygen atoms in total. The normalized spacial score (nSPS) is 16.0. The van der Waals surface area contributed by atoms with Crippen LogP contribution in [0.3, 0.4) is 0 Å². The summed E-state index contributed by atoms with van der Waals surface area (Å²) in [7, 11) is 1.89. The van der Waals surface area contributed by atoms with E-state index in [0.717, 1.165) is 47.7 Å². The van der Waals surface area contributed by atoms with Gasteiger partial charge in [0.2, 0.25) is 5.88 Å². The molecule has 2 heterocycles. The summed E-state index contributed by atoms with van der Waals surface area (Å²) >= 11 is 0. The zero-order valence-corrected chi connectivity index (χ0v) is 17.7. The molecule has 1 atom stereocenters. The minimum Gasteiger partial charge on any atom is -0.472 e. The molecule has 1 aromatic heterocycles. The Hall–Kier alpha value is -2.93. The number of hydrogen-bond donors (Lipinski definition) is 1. The Morgan fingerprint density at radius 3 is 2.45 bits per heavy atom. The first kappa shape index (κ1) is 22.7. The van der Waals surface area contributed by atoms with Crippen LogP contribution in [0.4, 0.5) is 24.5 Å². The van der Waals surface area contributed by atoms with Crippen LogP contribution in [-0.4, -0.2) is 31.2 Å². The highest BCUT2D eigenvalue weighted by atomic mass is 35.5. The molecule has 3 aromatic rings. The third-order valence-corrected chi connectivity index (χ3v) is 5.21. The highest BCUT2D eigenvalue weighted by Crippen LogP contribution is 2.34. The Bertz CT molecular complexity index is 997. The molecule has 1 fully saturated rings. The standard InChI is InChI=1S/C23H22F3N3O.ClH/c1-27-20-13-17(16-5-3-2-4-6-16)7-9-21(20)29-12-11-19(15-29)30-22-10-8-18(14-28-22)23(24,25)26;/h2-10,13-14,19,27H,11-12,15H2,1H3;1H/t19-;/m1./s1. The first-order valence-corrected chi connectivity index (χ1v) is 9.76. The quantitative estimate of drug-likeness (QED) is 0.527. The zero-order valence-electron chi connectivity index (χ0n) is 16.9. The molecule has 0 spiro atoms. The molecular weight excluding hydrogens is 427 g/mol. The van der Waals surface area contributed by atoms with Crippen LogP contribution in [0.5, 0.6) is 5.88 Å². The lowest BCUT2D eigenvalue weighted by Gasteiger charge is -2.23. The molecule has 164 valence electrons. The lowest BCUT2D eigenvalue weighted by Crippen LogP contribution is -2.25. The first-order chi connectivity index (χ1) is 14.4. The number of nitrogens with zero attached hydrogens (tertiary/aromatic N) is 2. The molecule has 1 saturated heterocycles. The van der Waals surface area contributed by atoms with Crippen molar-refractivity contribution in [3.05, 3.63) is 72.4 Å². The Labute approximate surface area is 185 Å². The SMILES string of the molecule is CNc1cc(-c2ccccc2)ccc1N1CC[C@@H](Oc2ccc(C(F)(F)F)cn2)C1.Cl. The Kier molecular flexibility index (Phi) is 6.95. The molecule has 0 amide bonds. The number of rotatable bonds is 5. The molecule has 0 bridgehead atoms. The van der Waals surface area contributed by atoms with E-state index in [1.165, 1.54) is 6.07 Å². The van der Waals surface area contributed by atoms with Gasteiger partial charge in [-0.3, -0.25) is 0 Å². The Balaban J connectivity index is 0.00000272. The van der Waals surface area contributed by atoms with Gasteiger partial charge in [-0.15, -0.1) is 12.4 Å². The van der Waals surface area contributed by atoms with Crippen LogP contribution in [0.25, 0.3) is 11.1 Å². The van der Waals surface area contributed by atoms with E-state index in [-0.39, 0.29) is 24.4 Å². The lowest BCUT2D eigenvalue weighted by molar-refractivity contribution is -0.137. The van der Waals surface area contributed by atoms with Gasteiger partial charge in [0.15, 0.2) is 0 Å². The van der Waals surface area contributed by atoms with Crippen LogP contribution in [-0.2, 0) is 6.18 Å². The van der Waals surface area contributed by atoms with Gasteiger partial charge in [0.25, 0.3) is 0 Å². The summed E-state index contributed by atoms with van der Waals surface area (Å²) < 4.78 is 43.9. The highest BCUT2D eigenvalue weighted by molar-refractivity contribution is 5.85. The first-order valence-electron chi connectivity index (χ1n) is 9.76. The van der Waals surface area contributed by atoms with E-state index in [9.17, 15) is 13.2 Å². The summed E-state index contributed by atoms with van der Waals surface area (Å²) in [5.74, 6) is 0.211. The van der Waals surface area contributed by atoms with Crippen LogP contribution in [0.1, 0.15) is 12.0 Å². The van der Waals surface area contributed by atoms with Gasteiger partial charge in [-0.25, -0.2) is 4.98 Å². The second-order valence-corrected chi connectivity index (χ2v) is 7.21. The molecule has 0 aliphatic carbocycles. The molecule has 2 aromatic carbocycles. The second-order valence-electron chi connectivity index (χ2n) is 7.21. The van der Waals surface area contributed by atoms with Gasteiger partial charge in [-0.05, 0) is 29.3 Å². The van der Waals surface area contributed by atoms with Gasteiger partial charge in [0.05, 0.1) is 23.5 Å². The molecule has 31 heavy (non-hydrogen) atoms. The fraction of sp³-hybridized carbons (Fsp3) is 0.261. The number of alkyl halides is 3. The molecule has 8 heteroatoms. The van der Waals surface area contributed by atoms with Gasteiger partial charge < -0.3 is 15.0 Å². The number of ether oxygens (including phenoxy) is 1. The van der Waals surface area contributed by atoms with Gasteiger partial charge in [0.1, 0.15) is 6.10 Å². The number of pyridine rings is 1. The minimum absolute atomic E-state index is 0. The maximum atomic E-state index is 12.7. The van der Waals surface area contributed by atoms with Crippen molar-refractivity contribution in [2.24, 2.45) is 0 Å². The van der Waals surface area contributed by atoms with Gasteiger partial charge in [-0.2, -0.15) is 13.2 Å². The van der Waals surface area contributed by atoms with Crippen molar-refractivity contribution in [3.63, 3.8) is 0 Å². The van der Waals surface area contributed by atoms with E-state index in [2.05, 4.69) is 45.5 Å². The Morgan fingerprint density at radius 1 is 1.03 bits per heavy atom. The number of halogens is 4. The monoisotopic (exact) mass is 449 g/mol. The molecular formula is C23H23ClF3N3O. The van der Waals surface area contributed by atoms with E-state index >= 15 is 0 Å². The molecule has 0 unspecified atom stereocenters. The summed E-state index contributed by atoms with van der Waals surface area (Å²) in [6, 6.07) is 18.7. The van der Waals surface area contributed by atoms with Crippen LogP contribution in [0.2, 0.25) is 0 Å². The third kappa shape index (κ3) is 5.22. The van der Waals surface area contributed by atoms with Crippen LogP contribution < -0.4 is 15.0 Å². The lowest BCUT2D eigenvalue weighted by atomic mass is 10.0. The Morgan fingerprint density at radius 2 is 1.81 bits per heavy atom. The number of anilines is 2. The van der Waals surface area contributed by atoms with E-state index < -0.39 is 11.7 Å². The molecule has 0 radical (unpaired) electrons. The van der Waals surface area contributed by atoms with Crippen LogP contribution >= 0.6 is 12.4 Å². The van der Waals surface area contributed by atoms with Crippen LogP contribution in [0.15, 0.2) is 66.9 Å². The predicted octanol–water partition coefficient (Wildman–Crippen LogP) is 5.89. The maximum absolute atomic E-state index is 12.7. The topological polar surface area (TPSA) is 37.4 Å².